The second kappa shape index (κ2) is 3.03. The maximum Gasteiger partial charge on any atom is 0.292 e. The van der Waals surface area contributed by atoms with Gasteiger partial charge in [0.1, 0.15) is 11.5 Å². The first-order valence-corrected chi connectivity index (χ1v) is 3.85. The highest BCUT2D eigenvalue weighted by Crippen LogP contribution is 2.13. The molecule has 2 aromatic rings. The maximum absolute atomic E-state index is 5.49. The summed E-state index contributed by atoms with van der Waals surface area (Å²) in [5.41, 5.74) is 0. The zero-order chi connectivity index (χ0) is 8.39. The molecule has 0 aliphatic carbocycles. The number of oxazole rings is 1. The molecule has 0 amide bonds. The predicted molar refractivity (Wildman–Crippen MR) is 43.0 cm³/mol. The van der Waals surface area contributed by atoms with Crippen LogP contribution in [0.1, 0.15) is 11.5 Å². The highest BCUT2D eigenvalue weighted by Gasteiger charge is 2.03. The van der Waals surface area contributed by atoms with E-state index >= 15 is 0 Å². The Bertz CT molecular complexity index is 353. The van der Waals surface area contributed by atoms with Crippen LogP contribution in [0.25, 0.3) is 0 Å². The van der Waals surface area contributed by atoms with Crippen LogP contribution >= 0.6 is 11.6 Å². The first-order chi connectivity index (χ1) is 5.84. The highest BCUT2D eigenvalue weighted by molar-refractivity contribution is 6.27. The number of aromatic nitrogens is 1. The van der Waals surface area contributed by atoms with Crippen LogP contribution in [0, 0.1) is 0 Å². The lowest BCUT2D eigenvalue weighted by Gasteiger charge is -1.88. The fraction of sp³-hybridized carbons (Fsp3) is 0.125. The Morgan fingerprint density at radius 2 is 2.33 bits per heavy atom. The summed E-state index contributed by atoms with van der Waals surface area (Å²) in [7, 11) is 0. The Labute approximate surface area is 74.0 Å². The Kier molecular flexibility index (Phi) is 1.87. The van der Waals surface area contributed by atoms with Gasteiger partial charge in [0.2, 0.25) is 0 Å². The molecule has 2 aromatic heterocycles. The Morgan fingerprint density at radius 1 is 1.42 bits per heavy atom. The topological polar surface area (TPSA) is 39.2 Å². The number of furan rings is 1. The molecule has 0 bridgehead atoms. The van der Waals surface area contributed by atoms with Crippen molar-refractivity contribution in [1.29, 1.82) is 0 Å². The normalized spacial score (nSPS) is 10.4. The summed E-state index contributed by atoms with van der Waals surface area (Å²) in [6, 6.07) is 3.70. The van der Waals surface area contributed by atoms with Gasteiger partial charge in [-0.15, -0.1) is 0 Å². The number of nitrogens with zero attached hydrogens (tertiary/aromatic N) is 1. The van der Waals surface area contributed by atoms with Gasteiger partial charge in [-0.3, -0.25) is 0 Å². The average molecular weight is 184 g/mol. The van der Waals surface area contributed by atoms with Gasteiger partial charge in [0.05, 0.1) is 18.9 Å². The molecule has 12 heavy (non-hydrogen) atoms. The molecule has 62 valence electrons. The molecule has 0 fully saturated rings. The first kappa shape index (κ1) is 7.43. The van der Waals surface area contributed by atoms with Gasteiger partial charge in [-0.05, 0) is 23.7 Å². The van der Waals surface area contributed by atoms with E-state index in [9.17, 15) is 0 Å². The van der Waals surface area contributed by atoms with E-state index < -0.39 is 0 Å². The van der Waals surface area contributed by atoms with Gasteiger partial charge in [0, 0.05) is 0 Å². The molecule has 0 radical (unpaired) electrons. The lowest BCUT2D eigenvalue weighted by molar-refractivity contribution is 0.473. The summed E-state index contributed by atoms with van der Waals surface area (Å²) >= 11 is 5.49. The molecule has 2 rings (SSSR count). The van der Waals surface area contributed by atoms with E-state index in [1.165, 1.54) is 0 Å². The minimum Gasteiger partial charge on any atom is -0.469 e. The van der Waals surface area contributed by atoms with Crippen LogP contribution in [-0.2, 0) is 6.42 Å². The van der Waals surface area contributed by atoms with Crippen molar-refractivity contribution in [2.45, 2.75) is 6.42 Å². The van der Waals surface area contributed by atoms with Crippen molar-refractivity contribution in [1.82, 2.24) is 4.98 Å². The zero-order valence-corrected chi connectivity index (χ0v) is 6.91. The summed E-state index contributed by atoms with van der Waals surface area (Å²) in [6.07, 6.45) is 3.80. The van der Waals surface area contributed by atoms with Crippen LogP contribution in [0.2, 0.25) is 5.35 Å². The molecule has 0 saturated carbocycles. The van der Waals surface area contributed by atoms with E-state index in [0.29, 0.717) is 12.2 Å². The molecule has 0 aliphatic rings. The van der Waals surface area contributed by atoms with Gasteiger partial charge in [0.25, 0.3) is 5.35 Å². The summed E-state index contributed by atoms with van der Waals surface area (Å²) in [5.74, 6) is 1.54. The van der Waals surface area contributed by atoms with E-state index in [2.05, 4.69) is 4.98 Å². The lowest BCUT2D eigenvalue weighted by atomic mass is 10.3. The molecule has 0 spiro atoms. The molecule has 3 nitrogen and oxygen atoms in total. The minimum atomic E-state index is 0.163. The predicted octanol–water partition coefficient (Wildman–Crippen LogP) is 2.51. The molecule has 0 unspecified atom stereocenters. The molecule has 0 N–H and O–H groups in total. The fourth-order valence-corrected chi connectivity index (χ4v) is 1.10. The van der Waals surface area contributed by atoms with Crippen molar-refractivity contribution in [2.24, 2.45) is 0 Å². The largest absolute Gasteiger partial charge is 0.469 e. The third kappa shape index (κ3) is 1.51. The Hall–Kier alpha value is -1.22. The number of hydrogen-bond donors (Lipinski definition) is 0. The van der Waals surface area contributed by atoms with Crippen molar-refractivity contribution in [3.05, 3.63) is 41.5 Å². The summed E-state index contributed by atoms with van der Waals surface area (Å²) in [6.45, 7) is 0. The van der Waals surface area contributed by atoms with Gasteiger partial charge in [-0.2, -0.15) is 0 Å². The van der Waals surface area contributed by atoms with E-state index in [4.69, 9.17) is 20.4 Å². The molecule has 0 aromatic carbocycles. The van der Waals surface area contributed by atoms with Gasteiger partial charge >= 0.3 is 0 Å². The zero-order valence-electron chi connectivity index (χ0n) is 6.16. The molecular weight excluding hydrogens is 178 g/mol. The van der Waals surface area contributed by atoms with Crippen LogP contribution in [0.15, 0.2) is 33.4 Å². The Balaban J connectivity index is 2.14. The molecule has 0 atom stereocenters. The van der Waals surface area contributed by atoms with E-state index in [1.54, 1.807) is 12.5 Å². The van der Waals surface area contributed by atoms with Crippen molar-refractivity contribution >= 4 is 11.6 Å². The lowest BCUT2D eigenvalue weighted by Crippen LogP contribution is -1.80. The van der Waals surface area contributed by atoms with E-state index in [-0.39, 0.29) is 5.35 Å². The third-order valence-electron chi connectivity index (χ3n) is 1.45. The summed E-state index contributed by atoms with van der Waals surface area (Å²) < 4.78 is 10.2. The van der Waals surface area contributed by atoms with Crippen LogP contribution in [0.4, 0.5) is 0 Å². The second-order valence-corrected chi connectivity index (χ2v) is 2.66. The monoisotopic (exact) mass is 183 g/mol. The maximum atomic E-state index is 5.49. The molecule has 4 heteroatoms. The van der Waals surface area contributed by atoms with Crippen molar-refractivity contribution in [3.63, 3.8) is 0 Å². The van der Waals surface area contributed by atoms with Gasteiger partial charge < -0.3 is 8.83 Å². The van der Waals surface area contributed by atoms with Crippen LogP contribution < -0.4 is 0 Å². The van der Waals surface area contributed by atoms with Crippen LogP contribution in [0.3, 0.4) is 0 Å². The van der Waals surface area contributed by atoms with Crippen molar-refractivity contribution in [2.75, 3.05) is 0 Å². The smallest absolute Gasteiger partial charge is 0.292 e. The average Bonchev–Trinajstić information content (AvgIpc) is 2.63. The minimum absolute atomic E-state index is 0.163. The fourth-order valence-electron chi connectivity index (χ4n) is 0.950. The first-order valence-electron chi connectivity index (χ1n) is 3.47. The molecule has 2 heterocycles. The molecule has 0 saturated heterocycles. The highest BCUT2D eigenvalue weighted by atomic mass is 35.5. The van der Waals surface area contributed by atoms with E-state index in [1.807, 2.05) is 12.1 Å². The van der Waals surface area contributed by atoms with Gasteiger partial charge in [-0.1, -0.05) is 0 Å². The quantitative estimate of drug-likeness (QED) is 0.718. The van der Waals surface area contributed by atoms with Crippen LogP contribution in [-0.4, -0.2) is 4.98 Å². The molecule has 0 aliphatic heterocycles. The number of rotatable bonds is 2. The van der Waals surface area contributed by atoms with Gasteiger partial charge in [-0.25, -0.2) is 4.98 Å². The summed E-state index contributed by atoms with van der Waals surface area (Å²) in [5, 5.41) is 0.163. The standard InChI is InChI=1S/C8H6ClNO2/c9-8-10-5-7(12-8)4-6-2-1-3-11-6/h1-3,5H,4H2. The summed E-state index contributed by atoms with van der Waals surface area (Å²) in [4.78, 5) is 3.75. The second-order valence-electron chi connectivity index (χ2n) is 2.34. The number of halogens is 1. The van der Waals surface area contributed by atoms with Gasteiger partial charge in [0.15, 0.2) is 0 Å². The van der Waals surface area contributed by atoms with Crippen molar-refractivity contribution in [3.8, 4) is 0 Å². The van der Waals surface area contributed by atoms with Crippen molar-refractivity contribution < 1.29 is 8.83 Å². The number of hydrogen-bond acceptors (Lipinski definition) is 3. The van der Waals surface area contributed by atoms with Crippen LogP contribution in [0.5, 0.6) is 0 Å². The third-order valence-corrected chi connectivity index (χ3v) is 1.63. The van der Waals surface area contributed by atoms with E-state index in [0.717, 1.165) is 5.76 Å². The Morgan fingerprint density at radius 3 is 2.92 bits per heavy atom. The SMILES string of the molecule is Clc1ncc(Cc2ccco2)o1. The molecular formula is C8H6ClNO2.